The van der Waals surface area contributed by atoms with E-state index < -0.39 is 0 Å². The summed E-state index contributed by atoms with van der Waals surface area (Å²) in [6.45, 7) is 1.88. The van der Waals surface area contributed by atoms with Crippen LogP contribution in [-0.4, -0.2) is 16.7 Å². The first kappa shape index (κ1) is 12.4. The Labute approximate surface area is 99.3 Å². The van der Waals surface area contributed by atoms with Crippen LogP contribution in [-0.2, 0) is 0 Å². The van der Waals surface area contributed by atoms with Crippen molar-refractivity contribution in [3.8, 4) is 11.4 Å². The second-order valence-electron chi connectivity index (χ2n) is 3.27. The van der Waals surface area contributed by atoms with Gasteiger partial charge < -0.3 is 9.72 Å². The number of ether oxygens (including phenoxy) is 1. The molecule has 16 heavy (non-hydrogen) atoms. The van der Waals surface area contributed by atoms with E-state index in [-0.39, 0.29) is 18.1 Å². The lowest BCUT2D eigenvalue weighted by Gasteiger charge is -2.04. The Morgan fingerprint density at radius 2 is 1.88 bits per heavy atom. The van der Waals surface area contributed by atoms with Crippen molar-refractivity contribution >= 4 is 12.4 Å². The SMILES string of the molecule is COc1ccc(-n2c(C)c[nH]c2=O)cc1.Cl. The van der Waals surface area contributed by atoms with Crippen LogP contribution in [0.5, 0.6) is 5.75 Å². The van der Waals surface area contributed by atoms with Crippen LogP contribution in [0.3, 0.4) is 0 Å². The van der Waals surface area contributed by atoms with Gasteiger partial charge in [-0.1, -0.05) is 0 Å². The maximum atomic E-state index is 11.5. The maximum Gasteiger partial charge on any atom is 0.330 e. The summed E-state index contributed by atoms with van der Waals surface area (Å²) >= 11 is 0. The van der Waals surface area contributed by atoms with Crippen LogP contribution < -0.4 is 10.4 Å². The molecule has 0 spiro atoms. The zero-order chi connectivity index (χ0) is 10.8. The number of benzene rings is 1. The number of hydrogen-bond donors (Lipinski definition) is 1. The standard InChI is InChI=1S/C11H12N2O2.ClH/c1-8-7-12-11(14)13(8)9-3-5-10(15-2)6-4-9;/h3-7H,1-2H3,(H,12,14);1H. The average Bonchev–Trinajstić information content (AvgIpc) is 2.59. The van der Waals surface area contributed by atoms with Crippen molar-refractivity contribution in [2.45, 2.75) is 6.92 Å². The predicted octanol–water partition coefficient (Wildman–Crippen LogP) is 1.90. The highest BCUT2D eigenvalue weighted by Gasteiger charge is 2.03. The summed E-state index contributed by atoms with van der Waals surface area (Å²) < 4.78 is 6.66. The number of nitrogens with zero attached hydrogens (tertiary/aromatic N) is 1. The quantitative estimate of drug-likeness (QED) is 0.872. The first-order valence-corrected chi connectivity index (χ1v) is 4.64. The fraction of sp³-hybridized carbons (Fsp3) is 0.182. The number of nitrogens with one attached hydrogen (secondary N) is 1. The van der Waals surface area contributed by atoms with E-state index >= 15 is 0 Å². The third kappa shape index (κ3) is 2.12. The molecule has 0 atom stereocenters. The number of aromatic amines is 1. The summed E-state index contributed by atoms with van der Waals surface area (Å²) in [7, 11) is 1.61. The molecule has 0 bridgehead atoms. The van der Waals surface area contributed by atoms with Crippen molar-refractivity contribution in [1.82, 2.24) is 9.55 Å². The van der Waals surface area contributed by atoms with Gasteiger partial charge in [-0.2, -0.15) is 0 Å². The molecule has 1 heterocycles. The van der Waals surface area contributed by atoms with Crippen molar-refractivity contribution in [3.63, 3.8) is 0 Å². The van der Waals surface area contributed by atoms with Gasteiger partial charge in [0, 0.05) is 11.9 Å². The lowest BCUT2D eigenvalue weighted by molar-refractivity contribution is 0.414. The number of aryl methyl sites for hydroxylation is 1. The normalized spacial score (nSPS) is 9.62. The molecule has 4 nitrogen and oxygen atoms in total. The average molecular weight is 241 g/mol. The van der Waals surface area contributed by atoms with Crippen molar-refractivity contribution in [2.75, 3.05) is 7.11 Å². The highest BCUT2D eigenvalue weighted by Crippen LogP contribution is 2.14. The Morgan fingerprint density at radius 1 is 1.25 bits per heavy atom. The Bertz CT molecular complexity index is 514. The minimum atomic E-state index is -0.127. The van der Waals surface area contributed by atoms with E-state index in [2.05, 4.69) is 4.98 Å². The van der Waals surface area contributed by atoms with Gasteiger partial charge in [-0.25, -0.2) is 4.79 Å². The maximum absolute atomic E-state index is 11.5. The smallest absolute Gasteiger partial charge is 0.330 e. The van der Waals surface area contributed by atoms with Gasteiger partial charge in [-0.3, -0.25) is 4.57 Å². The zero-order valence-electron chi connectivity index (χ0n) is 9.06. The highest BCUT2D eigenvalue weighted by atomic mass is 35.5. The molecule has 0 unspecified atom stereocenters. The summed E-state index contributed by atoms with van der Waals surface area (Å²) in [6.07, 6.45) is 1.69. The second-order valence-corrected chi connectivity index (χ2v) is 3.27. The van der Waals surface area contributed by atoms with Crippen molar-refractivity contribution < 1.29 is 4.74 Å². The topological polar surface area (TPSA) is 47.0 Å². The van der Waals surface area contributed by atoms with Crippen LogP contribution in [0.25, 0.3) is 5.69 Å². The number of halogens is 1. The first-order valence-electron chi connectivity index (χ1n) is 4.64. The number of aromatic nitrogens is 2. The molecular formula is C11H13ClN2O2. The highest BCUT2D eigenvalue weighted by molar-refractivity contribution is 5.85. The van der Waals surface area contributed by atoms with E-state index in [1.807, 2.05) is 31.2 Å². The lowest BCUT2D eigenvalue weighted by Crippen LogP contribution is -2.15. The third-order valence-corrected chi connectivity index (χ3v) is 2.29. The van der Waals surface area contributed by atoms with Crippen LogP contribution in [0.15, 0.2) is 35.3 Å². The van der Waals surface area contributed by atoms with E-state index in [0.29, 0.717) is 0 Å². The molecule has 1 aromatic carbocycles. The summed E-state index contributed by atoms with van der Waals surface area (Å²) in [6, 6.07) is 7.35. The Hall–Kier alpha value is -1.68. The van der Waals surface area contributed by atoms with Crippen molar-refractivity contribution in [2.24, 2.45) is 0 Å². The van der Waals surface area contributed by atoms with Gasteiger partial charge in [0.15, 0.2) is 0 Å². The number of rotatable bonds is 2. The monoisotopic (exact) mass is 240 g/mol. The van der Waals surface area contributed by atoms with Crippen molar-refractivity contribution in [1.29, 1.82) is 0 Å². The first-order chi connectivity index (χ1) is 7.22. The molecule has 0 amide bonds. The minimum Gasteiger partial charge on any atom is -0.497 e. The molecule has 0 saturated carbocycles. The molecular weight excluding hydrogens is 228 g/mol. The van der Waals surface area contributed by atoms with Crippen LogP contribution >= 0.6 is 12.4 Å². The van der Waals surface area contributed by atoms with Gasteiger partial charge >= 0.3 is 5.69 Å². The van der Waals surface area contributed by atoms with Crippen LogP contribution in [0.4, 0.5) is 0 Å². The van der Waals surface area contributed by atoms with Gasteiger partial charge in [0.1, 0.15) is 5.75 Å². The lowest BCUT2D eigenvalue weighted by atomic mass is 10.3. The van der Waals surface area contributed by atoms with Crippen LogP contribution in [0, 0.1) is 6.92 Å². The molecule has 0 aliphatic heterocycles. The Morgan fingerprint density at radius 3 is 2.31 bits per heavy atom. The summed E-state index contributed by atoms with van der Waals surface area (Å²) in [4.78, 5) is 14.1. The number of imidazole rings is 1. The predicted molar refractivity (Wildman–Crippen MR) is 64.9 cm³/mol. The molecule has 5 heteroatoms. The molecule has 1 N–H and O–H groups in total. The van der Waals surface area contributed by atoms with Gasteiger partial charge in [0.25, 0.3) is 0 Å². The van der Waals surface area contributed by atoms with Gasteiger partial charge in [0.2, 0.25) is 0 Å². The molecule has 0 radical (unpaired) electrons. The van der Waals surface area contributed by atoms with E-state index in [1.165, 1.54) is 0 Å². The second kappa shape index (κ2) is 4.90. The van der Waals surface area contributed by atoms with E-state index in [4.69, 9.17) is 4.74 Å². The third-order valence-electron chi connectivity index (χ3n) is 2.29. The minimum absolute atomic E-state index is 0. The molecule has 0 fully saturated rings. The zero-order valence-corrected chi connectivity index (χ0v) is 9.88. The molecule has 0 aliphatic rings. The fourth-order valence-electron chi connectivity index (χ4n) is 1.51. The van der Waals surface area contributed by atoms with Crippen LogP contribution in [0.1, 0.15) is 5.69 Å². The molecule has 0 saturated heterocycles. The largest absolute Gasteiger partial charge is 0.497 e. The van der Waals surface area contributed by atoms with E-state index in [0.717, 1.165) is 17.1 Å². The summed E-state index contributed by atoms with van der Waals surface area (Å²) in [5, 5.41) is 0. The van der Waals surface area contributed by atoms with E-state index in [1.54, 1.807) is 17.9 Å². The molecule has 1 aromatic heterocycles. The van der Waals surface area contributed by atoms with Gasteiger partial charge in [-0.15, -0.1) is 12.4 Å². The Kier molecular flexibility index (Phi) is 3.79. The van der Waals surface area contributed by atoms with Crippen molar-refractivity contribution in [3.05, 3.63) is 46.6 Å². The number of H-pyrrole nitrogens is 1. The van der Waals surface area contributed by atoms with Gasteiger partial charge in [0.05, 0.1) is 12.8 Å². The van der Waals surface area contributed by atoms with Gasteiger partial charge in [-0.05, 0) is 31.2 Å². The fourth-order valence-corrected chi connectivity index (χ4v) is 1.51. The molecule has 0 aliphatic carbocycles. The Balaban J connectivity index is 0.00000128. The van der Waals surface area contributed by atoms with Crippen LogP contribution in [0.2, 0.25) is 0 Å². The number of hydrogen-bond acceptors (Lipinski definition) is 2. The number of methoxy groups -OCH3 is 1. The molecule has 2 rings (SSSR count). The summed E-state index contributed by atoms with van der Waals surface area (Å²) in [5.41, 5.74) is 1.59. The summed E-state index contributed by atoms with van der Waals surface area (Å²) in [5.74, 6) is 0.778. The molecule has 86 valence electrons. The molecule has 2 aromatic rings. The van der Waals surface area contributed by atoms with E-state index in [9.17, 15) is 4.79 Å².